The summed E-state index contributed by atoms with van der Waals surface area (Å²) in [5, 5.41) is 0. The molecule has 2 unspecified atom stereocenters. The van der Waals surface area contributed by atoms with Crippen molar-refractivity contribution in [3.8, 4) is 0 Å². The maximum absolute atomic E-state index is 12.1. The van der Waals surface area contributed by atoms with Gasteiger partial charge in [0.05, 0.1) is 6.04 Å². The summed E-state index contributed by atoms with van der Waals surface area (Å²) in [5.74, 6) is 0.190. The van der Waals surface area contributed by atoms with Crippen LogP contribution in [0.5, 0.6) is 0 Å². The lowest BCUT2D eigenvalue weighted by Crippen LogP contribution is -2.42. The molecule has 98 valence electrons. The van der Waals surface area contributed by atoms with Crippen LogP contribution in [0.4, 0.5) is 0 Å². The maximum atomic E-state index is 12.1. The highest BCUT2D eigenvalue weighted by molar-refractivity contribution is 9.10. The molecule has 1 aliphatic rings. The molecule has 4 nitrogen and oxygen atoms in total. The molecule has 2 atom stereocenters. The molecule has 0 aliphatic carbocycles. The number of nitrogens with two attached hydrogens (primary N) is 1. The number of hydrogen-bond donors (Lipinski definition) is 1. The lowest BCUT2D eigenvalue weighted by Gasteiger charge is -2.33. The molecule has 2 heterocycles. The fourth-order valence-electron chi connectivity index (χ4n) is 2.57. The highest BCUT2D eigenvalue weighted by Gasteiger charge is 2.31. The monoisotopic (exact) mass is 311 g/mol. The topological polar surface area (TPSA) is 59.2 Å². The van der Waals surface area contributed by atoms with E-state index < -0.39 is 0 Å². The van der Waals surface area contributed by atoms with E-state index >= 15 is 0 Å². The van der Waals surface area contributed by atoms with Gasteiger partial charge in [-0.25, -0.2) is 0 Å². The summed E-state index contributed by atoms with van der Waals surface area (Å²) in [6.07, 6.45) is 5.88. The Kier molecular flexibility index (Phi) is 4.35. The summed E-state index contributed by atoms with van der Waals surface area (Å²) in [4.78, 5) is 18.2. The van der Waals surface area contributed by atoms with Crippen molar-refractivity contribution in [2.75, 3.05) is 6.54 Å². The Hall–Kier alpha value is -0.940. The summed E-state index contributed by atoms with van der Waals surface area (Å²) in [7, 11) is 0. The number of rotatable bonds is 2. The lowest BCUT2D eigenvalue weighted by atomic mass is 9.98. The van der Waals surface area contributed by atoms with E-state index in [2.05, 4.69) is 20.9 Å². The predicted octanol–water partition coefficient (Wildman–Crippen LogP) is 2.24. The van der Waals surface area contributed by atoms with E-state index in [9.17, 15) is 4.79 Å². The second kappa shape index (κ2) is 5.80. The van der Waals surface area contributed by atoms with E-state index in [1.54, 1.807) is 12.4 Å². The summed E-state index contributed by atoms with van der Waals surface area (Å²) in [5.41, 5.74) is 7.26. The third-order valence-electron chi connectivity index (χ3n) is 3.40. The summed E-state index contributed by atoms with van der Waals surface area (Å²) in [6, 6.07) is 1.92. The van der Waals surface area contributed by atoms with Gasteiger partial charge in [-0.3, -0.25) is 9.78 Å². The van der Waals surface area contributed by atoms with Crippen LogP contribution in [0.2, 0.25) is 0 Å². The van der Waals surface area contributed by atoms with Crippen molar-refractivity contribution in [3.05, 3.63) is 28.5 Å². The summed E-state index contributed by atoms with van der Waals surface area (Å²) < 4.78 is 0.917. The van der Waals surface area contributed by atoms with Crippen LogP contribution < -0.4 is 5.73 Å². The highest BCUT2D eigenvalue weighted by atomic mass is 79.9. The zero-order valence-corrected chi connectivity index (χ0v) is 12.1. The number of likely N-dealkylation sites (N-methyl/N-ethyl adjacent to an activating group) is 1. The molecule has 2 rings (SSSR count). The minimum atomic E-state index is -0.0602. The zero-order chi connectivity index (χ0) is 13.1. The van der Waals surface area contributed by atoms with E-state index in [0.717, 1.165) is 22.9 Å². The highest BCUT2D eigenvalue weighted by Crippen LogP contribution is 2.30. The zero-order valence-electron chi connectivity index (χ0n) is 10.5. The second-order valence-electron chi connectivity index (χ2n) is 4.62. The predicted molar refractivity (Wildman–Crippen MR) is 73.9 cm³/mol. The normalized spacial score (nSPS) is 25.1. The third kappa shape index (κ3) is 2.72. The molecule has 0 saturated carbocycles. The average Bonchev–Trinajstić information content (AvgIpc) is 2.48. The van der Waals surface area contributed by atoms with Crippen LogP contribution in [-0.2, 0) is 4.79 Å². The van der Waals surface area contributed by atoms with Crippen LogP contribution in [0.25, 0.3) is 0 Å². The van der Waals surface area contributed by atoms with Gasteiger partial charge < -0.3 is 10.6 Å². The summed E-state index contributed by atoms with van der Waals surface area (Å²) in [6.45, 7) is 2.68. The van der Waals surface area contributed by atoms with Crippen molar-refractivity contribution >= 4 is 21.8 Å². The van der Waals surface area contributed by atoms with E-state index in [0.29, 0.717) is 13.0 Å². The Morgan fingerprint density at radius 2 is 2.33 bits per heavy atom. The largest absolute Gasteiger partial charge is 0.334 e. The van der Waals surface area contributed by atoms with Crippen LogP contribution in [-0.4, -0.2) is 28.4 Å². The molecule has 0 radical (unpaired) electrons. The van der Waals surface area contributed by atoms with Crippen molar-refractivity contribution in [2.24, 2.45) is 5.73 Å². The number of aromatic nitrogens is 1. The maximum Gasteiger partial charge on any atom is 0.223 e. The number of nitrogens with zero attached hydrogens (tertiary/aromatic N) is 2. The van der Waals surface area contributed by atoms with E-state index in [1.807, 2.05) is 17.9 Å². The number of pyridine rings is 1. The van der Waals surface area contributed by atoms with Gasteiger partial charge in [-0.15, -0.1) is 0 Å². The van der Waals surface area contributed by atoms with Crippen LogP contribution in [0.15, 0.2) is 22.9 Å². The van der Waals surface area contributed by atoms with E-state index in [1.165, 1.54) is 0 Å². The Labute approximate surface area is 116 Å². The van der Waals surface area contributed by atoms with E-state index in [-0.39, 0.29) is 18.0 Å². The smallest absolute Gasteiger partial charge is 0.223 e. The van der Waals surface area contributed by atoms with Crippen molar-refractivity contribution in [2.45, 2.75) is 38.3 Å². The average molecular weight is 312 g/mol. The molecule has 2 N–H and O–H groups in total. The number of halogens is 1. The second-order valence-corrected chi connectivity index (χ2v) is 5.53. The molecule has 1 aliphatic heterocycles. The van der Waals surface area contributed by atoms with Crippen LogP contribution in [0.3, 0.4) is 0 Å². The van der Waals surface area contributed by atoms with Crippen molar-refractivity contribution in [3.63, 3.8) is 0 Å². The van der Waals surface area contributed by atoms with Gasteiger partial charge in [-0.05, 0) is 47.3 Å². The first-order valence-corrected chi connectivity index (χ1v) is 7.08. The molecule has 0 aromatic carbocycles. The molecule has 1 amide bonds. The Morgan fingerprint density at radius 1 is 1.56 bits per heavy atom. The Morgan fingerprint density at radius 3 is 3.00 bits per heavy atom. The van der Waals surface area contributed by atoms with Gasteiger partial charge in [0, 0.05) is 35.9 Å². The fraction of sp³-hybridized carbons (Fsp3) is 0.538. The molecule has 1 fully saturated rings. The van der Waals surface area contributed by atoms with Gasteiger partial charge in [-0.1, -0.05) is 0 Å². The van der Waals surface area contributed by atoms with Crippen molar-refractivity contribution in [1.82, 2.24) is 9.88 Å². The molecule has 18 heavy (non-hydrogen) atoms. The van der Waals surface area contributed by atoms with E-state index in [4.69, 9.17) is 5.73 Å². The number of amides is 1. The lowest BCUT2D eigenvalue weighted by molar-refractivity contribution is -0.133. The first-order valence-electron chi connectivity index (χ1n) is 6.29. The molecule has 5 heteroatoms. The SMILES string of the molecule is CCN1C(=O)CCCC(N)C1c1cncc(Br)c1. The van der Waals surface area contributed by atoms with Gasteiger partial charge in [-0.2, -0.15) is 0 Å². The number of hydrogen-bond acceptors (Lipinski definition) is 3. The minimum absolute atomic E-state index is 0.0208. The molecule has 0 bridgehead atoms. The molecular formula is C13H18BrN3O. The van der Waals surface area contributed by atoms with Crippen LogP contribution >= 0.6 is 15.9 Å². The van der Waals surface area contributed by atoms with Crippen molar-refractivity contribution in [1.29, 1.82) is 0 Å². The molecule has 0 spiro atoms. The fourth-order valence-corrected chi connectivity index (χ4v) is 2.95. The van der Waals surface area contributed by atoms with Gasteiger partial charge in [0.15, 0.2) is 0 Å². The van der Waals surface area contributed by atoms with Gasteiger partial charge >= 0.3 is 0 Å². The molecule has 1 saturated heterocycles. The van der Waals surface area contributed by atoms with Crippen LogP contribution in [0.1, 0.15) is 37.8 Å². The quantitative estimate of drug-likeness (QED) is 0.911. The summed E-state index contributed by atoms with van der Waals surface area (Å²) >= 11 is 3.42. The third-order valence-corrected chi connectivity index (χ3v) is 3.83. The first kappa shape index (κ1) is 13.5. The Bertz CT molecular complexity index is 438. The number of carbonyl (C=O) groups is 1. The Balaban J connectivity index is 2.38. The van der Waals surface area contributed by atoms with Gasteiger partial charge in [0.25, 0.3) is 0 Å². The molecule has 1 aromatic rings. The number of carbonyl (C=O) groups excluding carboxylic acids is 1. The first-order chi connectivity index (χ1) is 8.63. The molecular weight excluding hydrogens is 294 g/mol. The van der Waals surface area contributed by atoms with Gasteiger partial charge in [0.2, 0.25) is 5.91 Å². The van der Waals surface area contributed by atoms with Gasteiger partial charge in [0.1, 0.15) is 0 Å². The van der Waals surface area contributed by atoms with Crippen LogP contribution in [0, 0.1) is 0 Å². The standard InChI is InChI=1S/C13H18BrN3O/c1-2-17-12(18)5-3-4-11(15)13(17)9-6-10(14)8-16-7-9/h6-8,11,13H,2-5,15H2,1H3. The van der Waals surface area contributed by atoms with Crippen molar-refractivity contribution < 1.29 is 4.79 Å². The minimum Gasteiger partial charge on any atom is -0.334 e. The molecule has 1 aromatic heterocycles. The number of likely N-dealkylation sites (tertiary alicyclic amines) is 1.